The molecule has 0 aromatic carbocycles. The second-order valence-electron chi connectivity index (χ2n) is 6.68. The molecule has 1 aliphatic rings. The van der Waals surface area contributed by atoms with Crippen LogP contribution in [0.2, 0.25) is 0 Å². The predicted octanol–water partition coefficient (Wildman–Crippen LogP) is 2.97. The second-order valence-corrected chi connectivity index (χ2v) is 6.68. The van der Waals surface area contributed by atoms with Gasteiger partial charge in [0.1, 0.15) is 0 Å². The molecule has 1 heterocycles. The van der Waals surface area contributed by atoms with Crippen LogP contribution < -0.4 is 5.73 Å². The van der Waals surface area contributed by atoms with E-state index in [1.807, 2.05) is 10.9 Å². The fraction of sp³-hybridized carbons (Fsp3) is 0.812. The quantitative estimate of drug-likeness (QED) is 0.900. The van der Waals surface area contributed by atoms with Crippen molar-refractivity contribution in [3.63, 3.8) is 0 Å². The molecule has 20 heavy (non-hydrogen) atoms. The molecule has 1 aromatic rings. The first kappa shape index (κ1) is 15.5. The van der Waals surface area contributed by atoms with Gasteiger partial charge >= 0.3 is 0 Å². The van der Waals surface area contributed by atoms with Crippen molar-refractivity contribution in [2.45, 2.75) is 64.6 Å². The second kappa shape index (κ2) is 6.72. The van der Waals surface area contributed by atoms with Crippen LogP contribution in [0.25, 0.3) is 0 Å². The molecule has 0 spiro atoms. The van der Waals surface area contributed by atoms with E-state index in [9.17, 15) is 0 Å². The number of nitrogens with zero attached hydrogens (tertiary/aromatic N) is 3. The first-order valence-corrected chi connectivity index (χ1v) is 7.99. The predicted molar refractivity (Wildman–Crippen MR) is 83.6 cm³/mol. The molecule has 114 valence electrons. The van der Waals surface area contributed by atoms with E-state index in [1.165, 1.54) is 31.2 Å². The number of aromatic nitrogens is 2. The lowest BCUT2D eigenvalue weighted by Gasteiger charge is -2.38. The van der Waals surface area contributed by atoms with Gasteiger partial charge in [-0.25, -0.2) is 0 Å². The fourth-order valence-corrected chi connectivity index (χ4v) is 3.25. The van der Waals surface area contributed by atoms with Crippen molar-refractivity contribution < 1.29 is 0 Å². The van der Waals surface area contributed by atoms with Gasteiger partial charge in [0.2, 0.25) is 0 Å². The Kier molecular flexibility index (Phi) is 5.22. The highest BCUT2D eigenvalue weighted by Gasteiger charge is 2.27. The molecular formula is C16H30N4. The maximum atomic E-state index is 6.05. The SMILES string of the molecule is CC1CCC(N(C)C(CN)c2cnn(C(C)C)c2)CC1. The normalized spacial score (nSPS) is 25.4. The van der Waals surface area contributed by atoms with Gasteiger partial charge in [-0.2, -0.15) is 5.10 Å². The van der Waals surface area contributed by atoms with Crippen LogP contribution in [-0.2, 0) is 0 Å². The summed E-state index contributed by atoms with van der Waals surface area (Å²) in [6, 6.07) is 1.37. The van der Waals surface area contributed by atoms with Crippen LogP contribution in [-0.4, -0.2) is 34.3 Å². The molecule has 1 atom stereocenters. The van der Waals surface area contributed by atoms with Crippen molar-refractivity contribution in [1.29, 1.82) is 0 Å². The third-order valence-corrected chi connectivity index (χ3v) is 4.81. The molecule has 4 nitrogen and oxygen atoms in total. The molecule has 4 heteroatoms. The van der Waals surface area contributed by atoms with Gasteiger partial charge in [-0.1, -0.05) is 6.92 Å². The van der Waals surface area contributed by atoms with E-state index in [-0.39, 0.29) is 0 Å². The van der Waals surface area contributed by atoms with Crippen LogP contribution in [0.15, 0.2) is 12.4 Å². The van der Waals surface area contributed by atoms with Crippen LogP contribution in [0.1, 0.15) is 64.1 Å². The Morgan fingerprint density at radius 1 is 1.35 bits per heavy atom. The van der Waals surface area contributed by atoms with Gasteiger partial charge in [0.25, 0.3) is 0 Å². The largest absolute Gasteiger partial charge is 0.329 e. The minimum atomic E-state index is 0.293. The summed E-state index contributed by atoms with van der Waals surface area (Å²) in [6.07, 6.45) is 9.43. The summed E-state index contributed by atoms with van der Waals surface area (Å²) in [6.45, 7) is 7.33. The van der Waals surface area contributed by atoms with E-state index in [0.717, 1.165) is 5.92 Å². The number of likely N-dealkylation sites (N-methyl/N-ethyl adjacent to an activating group) is 1. The zero-order chi connectivity index (χ0) is 14.7. The number of rotatable bonds is 5. The summed E-state index contributed by atoms with van der Waals surface area (Å²) in [5.41, 5.74) is 7.30. The molecule has 1 fully saturated rings. The molecule has 1 unspecified atom stereocenters. The van der Waals surface area contributed by atoms with Crippen molar-refractivity contribution in [3.8, 4) is 0 Å². The lowest BCUT2D eigenvalue weighted by molar-refractivity contribution is 0.126. The number of hydrogen-bond donors (Lipinski definition) is 1. The highest BCUT2D eigenvalue weighted by molar-refractivity contribution is 5.12. The van der Waals surface area contributed by atoms with Crippen molar-refractivity contribution in [2.75, 3.05) is 13.6 Å². The minimum absolute atomic E-state index is 0.293. The summed E-state index contributed by atoms with van der Waals surface area (Å²) in [5.74, 6) is 0.889. The Morgan fingerprint density at radius 2 is 2.00 bits per heavy atom. The molecule has 1 aromatic heterocycles. The Hall–Kier alpha value is -0.870. The topological polar surface area (TPSA) is 47.1 Å². The summed E-state index contributed by atoms with van der Waals surface area (Å²) >= 11 is 0. The zero-order valence-corrected chi connectivity index (χ0v) is 13.4. The summed E-state index contributed by atoms with van der Waals surface area (Å²) in [5, 5.41) is 4.46. The standard InChI is InChI=1S/C16H30N4/c1-12(2)20-11-14(10-18-20)16(9-17)19(4)15-7-5-13(3)6-8-15/h10-13,15-16H,5-9,17H2,1-4H3. The molecule has 2 rings (SSSR count). The maximum absolute atomic E-state index is 6.05. The van der Waals surface area contributed by atoms with Gasteiger partial charge < -0.3 is 5.73 Å². The molecule has 0 amide bonds. The molecule has 0 saturated heterocycles. The Balaban J connectivity index is 2.06. The van der Waals surface area contributed by atoms with Gasteiger partial charge in [-0.15, -0.1) is 0 Å². The smallest absolute Gasteiger partial charge is 0.0538 e. The molecule has 2 N–H and O–H groups in total. The summed E-state index contributed by atoms with van der Waals surface area (Å²) in [7, 11) is 2.23. The maximum Gasteiger partial charge on any atom is 0.0538 e. The third-order valence-electron chi connectivity index (χ3n) is 4.81. The van der Waals surface area contributed by atoms with Crippen molar-refractivity contribution in [3.05, 3.63) is 18.0 Å². The van der Waals surface area contributed by atoms with Gasteiger partial charge in [-0.3, -0.25) is 9.58 Å². The molecule has 0 radical (unpaired) electrons. The van der Waals surface area contributed by atoms with E-state index < -0.39 is 0 Å². The van der Waals surface area contributed by atoms with Gasteiger partial charge in [-0.05, 0) is 52.5 Å². The van der Waals surface area contributed by atoms with Crippen LogP contribution in [0.5, 0.6) is 0 Å². The van der Waals surface area contributed by atoms with Crippen LogP contribution >= 0.6 is 0 Å². The Labute approximate surface area is 123 Å². The lowest BCUT2D eigenvalue weighted by atomic mass is 9.86. The molecular weight excluding hydrogens is 248 g/mol. The van der Waals surface area contributed by atoms with E-state index in [2.05, 4.69) is 44.0 Å². The van der Waals surface area contributed by atoms with Crippen LogP contribution in [0, 0.1) is 5.92 Å². The van der Waals surface area contributed by atoms with E-state index in [0.29, 0.717) is 24.7 Å². The average Bonchev–Trinajstić information content (AvgIpc) is 2.90. The molecule has 0 bridgehead atoms. The zero-order valence-electron chi connectivity index (χ0n) is 13.4. The highest BCUT2D eigenvalue weighted by atomic mass is 15.3. The molecule has 1 saturated carbocycles. The van der Waals surface area contributed by atoms with Gasteiger partial charge in [0.05, 0.1) is 12.2 Å². The Morgan fingerprint density at radius 3 is 2.50 bits per heavy atom. The number of nitrogens with two attached hydrogens (primary N) is 1. The van der Waals surface area contributed by atoms with Crippen molar-refractivity contribution in [2.24, 2.45) is 11.7 Å². The van der Waals surface area contributed by atoms with E-state index in [4.69, 9.17) is 5.73 Å². The van der Waals surface area contributed by atoms with Crippen molar-refractivity contribution in [1.82, 2.24) is 14.7 Å². The average molecular weight is 278 g/mol. The van der Waals surface area contributed by atoms with Crippen LogP contribution in [0.4, 0.5) is 0 Å². The summed E-state index contributed by atoms with van der Waals surface area (Å²) < 4.78 is 2.02. The first-order chi connectivity index (χ1) is 9.52. The van der Waals surface area contributed by atoms with Crippen LogP contribution in [0.3, 0.4) is 0 Å². The molecule has 0 aliphatic heterocycles. The van der Waals surface area contributed by atoms with Gasteiger partial charge in [0, 0.05) is 30.4 Å². The Bertz CT molecular complexity index is 404. The minimum Gasteiger partial charge on any atom is -0.329 e. The molecule has 1 aliphatic carbocycles. The van der Waals surface area contributed by atoms with Gasteiger partial charge in [0.15, 0.2) is 0 Å². The first-order valence-electron chi connectivity index (χ1n) is 7.99. The van der Waals surface area contributed by atoms with E-state index >= 15 is 0 Å². The van der Waals surface area contributed by atoms with E-state index in [1.54, 1.807) is 0 Å². The number of hydrogen-bond acceptors (Lipinski definition) is 3. The van der Waals surface area contributed by atoms with Crippen molar-refractivity contribution >= 4 is 0 Å². The fourth-order valence-electron chi connectivity index (χ4n) is 3.25. The highest BCUT2D eigenvalue weighted by Crippen LogP contribution is 2.31. The monoisotopic (exact) mass is 278 g/mol. The lowest BCUT2D eigenvalue weighted by Crippen LogP contribution is -2.40. The summed E-state index contributed by atoms with van der Waals surface area (Å²) in [4.78, 5) is 2.48. The third kappa shape index (κ3) is 3.41.